The van der Waals surface area contributed by atoms with Crippen LogP contribution in [0.4, 0.5) is 0 Å². The number of carboxylic acids is 1. The van der Waals surface area contributed by atoms with Crippen molar-refractivity contribution in [3.05, 3.63) is 27.3 Å². The molecule has 0 aliphatic rings. The van der Waals surface area contributed by atoms with Gasteiger partial charge in [0.15, 0.2) is 9.84 Å². The van der Waals surface area contributed by atoms with Gasteiger partial charge in [-0.25, -0.2) is 13.2 Å². The molecule has 1 rings (SSSR count). The molecule has 0 saturated carbocycles. The van der Waals surface area contributed by atoms with Crippen LogP contribution in [-0.2, 0) is 14.6 Å². The molecule has 0 aromatic heterocycles. The maximum atomic E-state index is 11.6. The van der Waals surface area contributed by atoms with Crippen molar-refractivity contribution < 1.29 is 27.9 Å². The summed E-state index contributed by atoms with van der Waals surface area (Å²) in [6.45, 7) is -0.125. The van der Waals surface area contributed by atoms with Crippen molar-refractivity contribution >= 4 is 44.3 Å². The van der Waals surface area contributed by atoms with Crippen LogP contribution in [0.2, 0.25) is 0 Å². The zero-order valence-corrected chi connectivity index (χ0v) is 13.9. The normalized spacial score (nSPS) is 11.1. The summed E-state index contributed by atoms with van der Waals surface area (Å²) in [5.41, 5.74) is 4.95. The molecule has 3 N–H and O–H groups in total. The number of ether oxygens (including phenoxy) is 1. The van der Waals surface area contributed by atoms with Crippen molar-refractivity contribution in [3.8, 4) is 5.75 Å². The molecule has 0 bridgehead atoms. The van der Waals surface area contributed by atoms with Gasteiger partial charge in [-0.1, -0.05) is 0 Å². The molecule has 0 aliphatic heterocycles. The smallest absolute Gasteiger partial charge is 0.335 e. The fraction of sp³-hybridized carbons (Fsp3) is 0.333. The lowest BCUT2D eigenvalue weighted by Crippen LogP contribution is -2.21. The Hall–Kier alpha value is -1.36. The lowest BCUT2D eigenvalue weighted by molar-refractivity contribution is -0.117. The van der Waals surface area contributed by atoms with Crippen LogP contribution in [0.1, 0.15) is 16.8 Å². The fourth-order valence-electron chi connectivity index (χ4n) is 1.38. The van der Waals surface area contributed by atoms with E-state index in [1.54, 1.807) is 6.07 Å². The zero-order chi connectivity index (χ0) is 16.0. The average Bonchev–Trinajstić information content (AvgIpc) is 2.38. The molecule has 0 atom stereocenters. The van der Waals surface area contributed by atoms with Crippen molar-refractivity contribution in [2.24, 2.45) is 5.73 Å². The highest BCUT2D eigenvalue weighted by molar-refractivity contribution is 14.1. The molecule has 0 unspecified atom stereocenters. The van der Waals surface area contributed by atoms with Crippen LogP contribution in [-0.4, -0.2) is 43.5 Å². The average molecular weight is 427 g/mol. The summed E-state index contributed by atoms with van der Waals surface area (Å²) in [4.78, 5) is 21.4. The summed E-state index contributed by atoms with van der Waals surface area (Å²) in [7, 11) is -3.43. The number of carbonyl (C=O) groups excluding carboxylic acids is 1. The first-order chi connectivity index (χ1) is 9.71. The number of aromatic carboxylic acids is 1. The van der Waals surface area contributed by atoms with Gasteiger partial charge in [0.1, 0.15) is 12.4 Å². The Morgan fingerprint density at radius 1 is 1.29 bits per heavy atom. The molecule has 1 amide bonds. The Bertz CT molecular complexity index is 643. The standard InChI is InChI=1S/C12H14INO6S/c13-9-2-1-8(12(16)17)7-10(9)20-4-6-21(18,19)5-3-11(14)15/h1-2,7H,3-6H2,(H2,14,15)(H,16,17). The van der Waals surface area contributed by atoms with E-state index in [1.165, 1.54) is 12.1 Å². The summed E-state index contributed by atoms with van der Waals surface area (Å²) in [5.74, 6) is -2.06. The molecule has 0 spiro atoms. The van der Waals surface area contributed by atoms with Crippen molar-refractivity contribution in [3.63, 3.8) is 0 Å². The molecule has 21 heavy (non-hydrogen) atoms. The van der Waals surface area contributed by atoms with Gasteiger partial charge in [-0.2, -0.15) is 0 Å². The molecule has 9 heteroatoms. The fourth-order valence-corrected chi connectivity index (χ4v) is 2.93. The van der Waals surface area contributed by atoms with Crippen molar-refractivity contribution in [2.75, 3.05) is 18.1 Å². The van der Waals surface area contributed by atoms with Gasteiger partial charge in [-0.15, -0.1) is 0 Å². The number of halogens is 1. The van der Waals surface area contributed by atoms with Crippen LogP contribution in [0.15, 0.2) is 18.2 Å². The third kappa shape index (κ3) is 6.29. The van der Waals surface area contributed by atoms with Gasteiger partial charge < -0.3 is 15.6 Å². The SMILES string of the molecule is NC(=O)CCS(=O)(=O)CCOc1cc(C(=O)O)ccc1I. The van der Waals surface area contributed by atoms with Crippen LogP contribution >= 0.6 is 22.6 Å². The molecule has 7 nitrogen and oxygen atoms in total. The van der Waals surface area contributed by atoms with Crippen molar-refractivity contribution in [2.45, 2.75) is 6.42 Å². The zero-order valence-electron chi connectivity index (χ0n) is 10.9. The highest BCUT2D eigenvalue weighted by atomic mass is 127. The lowest BCUT2D eigenvalue weighted by atomic mass is 10.2. The molecular formula is C12H14INO6S. The first-order valence-electron chi connectivity index (χ1n) is 5.85. The van der Waals surface area contributed by atoms with E-state index >= 15 is 0 Å². The predicted octanol–water partition coefficient (Wildman–Crippen LogP) is 0.658. The number of carboxylic acid groups (broad SMARTS) is 1. The molecule has 0 heterocycles. The largest absolute Gasteiger partial charge is 0.491 e. The minimum absolute atomic E-state index is 0.0574. The van der Waals surface area contributed by atoms with E-state index in [4.69, 9.17) is 15.6 Å². The molecule has 0 fully saturated rings. The second-order valence-corrected chi connectivity index (χ2v) is 7.63. The Morgan fingerprint density at radius 3 is 2.52 bits per heavy atom. The van der Waals surface area contributed by atoms with Crippen LogP contribution in [0.5, 0.6) is 5.75 Å². The lowest BCUT2D eigenvalue weighted by Gasteiger charge is -2.09. The van der Waals surface area contributed by atoms with Gasteiger partial charge >= 0.3 is 5.97 Å². The van der Waals surface area contributed by atoms with E-state index in [0.29, 0.717) is 9.32 Å². The first kappa shape index (κ1) is 17.7. The van der Waals surface area contributed by atoms with Crippen molar-refractivity contribution in [1.29, 1.82) is 0 Å². The van der Waals surface area contributed by atoms with Gasteiger partial charge in [-0.3, -0.25) is 4.79 Å². The number of amides is 1. The van der Waals surface area contributed by atoms with Gasteiger partial charge in [0.05, 0.1) is 20.6 Å². The molecule has 1 aromatic carbocycles. The summed E-state index contributed by atoms with van der Waals surface area (Å²) < 4.78 is 29.2. The van der Waals surface area contributed by atoms with Gasteiger partial charge in [-0.05, 0) is 40.8 Å². The van der Waals surface area contributed by atoms with E-state index in [0.717, 1.165) is 0 Å². The molecule has 0 aliphatic carbocycles. The number of hydrogen-bond donors (Lipinski definition) is 2. The van der Waals surface area contributed by atoms with E-state index < -0.39 is 21.7 Å². The third-order valence-electron chi connectivity index (χ3n) is 2.49. The maximum absolute atomic E-state index is 11.6. The monoisotopic (exact) mass is 427 g/mol. The summed E-state index contributed by atoms with van der Waals surface area (Å²) in [6.07, 6.45) is -0.228. The van der Waals surface area contributed by atoms with Crippen LogP contribution < -0.4 is 10.5 Å². The first-order valence-corrected chi connectivity index (χ1v) is 8.75. The Balaban J connectivity index is 2.61. The van der Waals surface area contributed by atoms with Gasteiger partial charge in [0.2, 0.25) is 5.91 Å². The summed E-state index contributed by atoms with van der Waals surface area (Å²) in [5, 5.41) is 8.88. The third-order valence-corrected chi connectivity index (χ3v) is 5.00. The Kier molecular flexibility index (Phi) is 6.40. The highest BCUT2D eigenvalue weighted by Gasteiger charge is 2.14. The van der Waals surface area contributed by atoms with Gasteiger partial charge in [0.25, 0.3) is 0 Å². The predicted molar refractivity (Wildman–Crippen MR) is 84.1 cm³/mol. The van der Waals surface area contributed by atoms with Crippen LogP contribution in [0.3, 0.4) is 0 Å². The van der Waals surface area contributed by atoms with Crippen molar-refractivity contribution in [1.82, 2.24) is 0 Å². The van der Waals surface area contributed by atoms with E-state index in [1.807, 2.05) is 22.6 Å². The molecule has 1 aromatic rings. The maximum Gasteiger partial charge on any atom is 0.335 e. The highest BCUT2D eigenvalue weighted by Crippen LogP contribution is 2.22. The van der Waals surface area contributed by atoms with Crippen LogP contribution in [0.25, 0.3) is 0 Å². The number of primary amides is 1. The minimum Gasteiger partial charge on any atom is -0.491 e. The number of sulfone groups is 1. The topological polar surface area (TPSA) is 124 Å². The molecule has 0 saturated heterocycles. The summed E-state index contributed by atoms with van der Waals surface area (Å²) in [6, 6.07) is 4.33. The number of hydrogen-bond acceptors (Lipinski definition) is 5. The second-order valence-electron chi connectivity index (χ2n) is 4.17. The van der Waals surface area contributed by atoms with Gasteiger partial charge in [0, 0.05) is 6.42 Å². The van der Waals surface area contributed by atoms with E-state index in [9.17, 15) is 18.0 Å². The quantitative estimate of drug-likeness (QED) is 0.588. The number of rotatable bonds is 8. The van der Waals surface area contributed by atoms with E-state index in [2.05, 4.69) is 0 Å². The Morgan fingerprint density at radius 2 is 1.95 bits per heavy atom. The van der Waals surface area contributed by atoms with Crippen LogP contribution in [0, 0.1) is 3.57 Å². The molecular weight excluding hydrogens is 413 g/mol. The Labute approximate surface area is 135 Å². The number of nitrogens with two attached hydrogens (primary N) is 1. The minimum atomic E-state index is -3.43. The number of benzene rings is 1. The summed E-state index contributed by atoms with van der Waals surface area (Å²) >= 11 is 1.96. The number of carbonyl (C=O) groups is 2. The second kappa shape index (κ2) is 7.59. The molecule has 116 valence electrons. The van der Waals surface area contributed by atoms with E-state index in [-0.39, 0.29) is 30.1 Å². The molecule has 0 radical (unpaired) electrons.